The van der Waals surface area contributed by atoms with E-state index in [1.165, 1.54) is 16.7 Å². The maximum absolute atomic E-state index is 13.0. The Kier molecular flexibility index (Phi) is 3.79. The van der Waals surface area contributed by atoms with E-state index in [9.17, 15) is 13.2 Å². The third kappa shape index (κ3) is 3.02. The molecule has 3 aromatic heterocycles. The lowest BCUT2D eigenvalue weighted by molar-refractivity contribution is -0.137. The summed E-state index contributed by atoms with van der Waals surface area (Å²) in [5.74, 6) is 1.11. The standard InChI is InChI=1S/C16H15F3N6/c17-16(18,19)11-1-2-13-22-9-12(25(13)10-11)15-21-4-3-14(23-15)24-7-5-20-6-8-24/h1-4,9-10,20H,5-8H2. The van der Waals surface area contributed by atoms with Crippen molar-refractivity contribution in [1.82, 2.24) is 24.7 Å². The zero-order valence-electron chi connectivity index (χ0n) is 13.2. The van der Waals surface area contributed by atoms with E-state index < -0.39 is 11.7 Å². The van der Waals surface area contributed by atoms with Gasteiger partial charge in [0.15, 0.2) is 5.82 Å². The summed E-state index contributed by atoms with van der Waals surface area (Å²) in [7, 11) is 0. The third-order valence-corrected chi connectivity index (χ3v) is 4.14. The fraction of sp³-hybridized carbons (Fsp3) is 0.312. The smallest absolute Gasteiger partial charge is 0.354 e. The van der Waals surface area contributed by atoms with Crippen LogP contribution in [0.2, 0.25) is 0 Å². The van der Waals surface area contributed by atoms with Crippen molar-refractivity contribution in [3.8, 4) is 11.5 Å². The molecule has 0 aliphatic carbocycles. The fourth-order valence-electron chi connectivity index (χ4n) is 2.86. The van der Waals surface area contributed by atoms with Crippen LogP contribution in [0.3, 0.4) is 0 Å². The Morgan fingerprint density at radius 1 is 1.04 bits per heavy atom. The number of fused-ring (bicyclic) bond motifs is 1. The Morgan fingerprint density at radius 2 is 1.84 bits per heavy atom. The first-order valence-electron chi connectivity index (χ1n) is 7.86. The summed E-state index contributed by atoms with van der Waals surface area (Å²) in [5.41, 5.74) is 0.106. The first-order valence-corrected chi connectivity index (χ1v) is 7.86. The van der Waals surface area contributed by atoms with Gasteiger partial charge in [0.25, 0.3) is 0 Å². The van der Waals surface area contributed by atoms with E-state index in [0.29, 0.717) is 17.2 Å². The molecular weight excluding hydrogens is 333 g/mol. The summed E-state index contributed by atoms with van der Waals surface area (Å²) in [5, 5.41) is 3.27. The zero-order chi connectivity index (χ0) is 17.4. The first-order chi connectivity index (χ1) is 12.0. The fourth-order valence-corrected chi connectivity index (χ4v) is 2.86. The number of anilines is 1. The Labute approximate surface area is 141 Å². The highest BCUT2D eigenvalue weighted by Gasteiger charge is 2.31. The van der Waals surface area contributed by atoms with Crippen LogP contribution in [-0.2, 0) is 6.18 Å². The van der Waals surface area contributed by atoms with Gasteiger partial charge >= 0.3 is 6.18 Å². The predicted molar refractivity (Wildman–Crippen MR) is 86.3 cm³/mol. The average molecular weight is 348 g/mol. The van der Waals surface area contributed by atoms with Crippen LogP contribution in [0.4, 0.5) is 19.0 Å². The van der Waals surface area contributed by atoms with Gasteiger partial charge in [0.05, 0.1) is 11.8 Å². The van der Waals surface area contributed by atoms with E-state index in [0.717, 1.165) is 44.3 Å². The van der Waals surface area contributed by atoms with E-state index in [-0.39, 0.29) is 0 Å². The van der Waals surface area contributed by atoms with Crippen molar-refractivity contribution < 1.29 is 13.2 Å². The highest BCUT2D eigenvalue weighted by molar-refractivity contribution is 5.59. The molecule has 6 nitrogen and oxygen atoms in total. The molecular formula is C16H15F3N6. The van der Waals surface area contributed by atoms with Gasteiger partial charge < -0.3 is 10.2 Å². The van der Waals surface area contributed by atoms with Gasteiger partial charge in [0.1, 0.15) is 17.2 Å². The molecule has 0 saturated carbocycles. The van der Waals surface area contributed by atoms with Gasteiger partial charge in [-0.2, -0.15) is 13.2 Å². The molecule has 0 spiro atoms. The van der Waals surface area contributed by atoms with Crippen molar-refractivity contribution in [3.05, 3.63) is 42.4 Å². The number of piperazine rings is 1. The van der Waals surface area contributed by atoms with E-state index >= 15 is 0 Å². The Bertz CT molecular complexity index is 898. The number of alkyl halides is 3. The quantitative estimate of drug-likeness (QED) is 0.770. The minimum absolute atomic E-state index is 0.350. The van der Waals surface area contributed by atoms with E-state index in [1.54, 1.807) is 12.3 Å². The summed E-state index contributed by atoms with van der Waals surface area (Å²) in [6, 6.07) is 4.16. The molecule has 0 atom stereocenters. The number of nitrogens with one attached hydrogen (secondary N) is 1. The van der Waals surface area contributed by atoms with Gasteiger partial charge in [-0.05, 0) is 18.2 Å². The Hall–Kier alpha value is -2.68. The molecule has 0 aromatic carbocycles. The second kappa shape index (κ2) is 5.99. The first kappa shape index (κ1) is 15.8. The van der Waals surface area contributed by atoms with Crippen LogP contribution in [0, 0.1) is 0 Å². The SMILES string of the molecule is FC(F)(F)c1ccc2ncc(-c3nccc(N4CCNCC4)n3)n2c1. The maximum atomic E-state index is 13.0. The summed E-state index contributed by atoms with van der Waals surface area (Å²) < 4.78 is 40.3. The summed E-state index contributed by atoms with van der Waals surface area (Å²) in [6.07, 6.45) is -0.281. The van der Waals surface area contributed by atoms with Crippen LogP contribution in [0.5, 0.6) is 0 Å². The lowest BCUT2D eigenvalue weighted by atomic mass is 10.2. The number of nitrogens with zero attached hydrogens (tertiary/aromatic N) is 5. The molecule has 0 bridgehead atoms. The van der Waals surface area contributed by atoms with Crippen LogP contribution in [0.15, 0.2) is 36.8 Å². The second-order valence-electron chi connectivity index (χ2n) is 5.76. The minimum atomic E-state index is -4.42. The Balaban J connectivity index is 1.76. The third-order valence-electron chi connectivity index (χ3n) is 4.14. The summed E-state index contributed by atoms with van der Waals surface area (Å²) in [4.78, 5) is 15.0. The molecule has 0 amide bonds. The van der Waals surface area contributed by atoms with Gasteiger partial charge in [-0.3, -0.25) is 4.40 Å². The maximum Gasteiger partial charge on any atom is 0.417 e. The molecule has 0 radical (unpaired) electrons. The summed E-state index contributed by atoms with van der Waals surface area (Å²) in [6.45, 7) is 3.37. The molecule has 9 heteroatoms. The molecule has 1 saturated heterocycles. The normalized spacial score (nSPS) is 15.7. The van der Waals surface area contributed by atoms with Crippen LogP contribution in [0.1, 0.15) is 5.56 Å². The van der Waals surface area contributed by atoms with Crippen molar-refractivity contribution in [2.45, 2.75) is 6.18 Å². The van der Waals surface area contributed by atoms with Crippen LogP contribution >= 0.6 is 0 Å². The van der Waals surface area contributed by atoms with E-state index in [2.05, 4.69) is 25.2 Å². The number of imidazole rings is 1. The number of pyridine rings is 1. The molecule has 0 unspecified atom stereocenters. The van der Waals surface area contributed by atoms with Crippen molar-refractivity contribution >= 4 is 11.5 Å². The van der Waals surface area contributed by atoms with Crippen molar-refractivity contribution in [2.24, 2.45) is 0 Å². The average Bonchev–Trinajstić information content (AvgIpc) is 3.05. The van der Waals surface area contributed by atoms with Crippen LogP contribution in [-0.4, -0.2) is 45.5 Å². The van der Waals surface area contributed by atoms with Gasteiger partial charge in [-0.1, -0.05) is 0 Å². The highest BCUT2D eigenvalue weighted by Crippen LogP contribution is 2.30. The second-order valence-corrected chi connectivity index (χ2v) is 5.76. The van der Waals surface area contributed by atoms with Gasteiger partial charge in [0.2, 0.25) is 0 Å². The van der Waals surface area contributed by atoms with Gasteiger partial charge in [-0.15, -0.1) is 0 Å². The minimum Gasteiger partial charge on any atom is -0.354 e. The van der Waals surface area contributed by atoms with Crippen LogP contribution in [0.25, 0.3) is 17.2 Å². The number of rotatable bonds is 2. The molecule has 1 N–H and O–H groups in total. The lowest BCUT2D eigenvalue weighted by Gasteiger charge is -2.28. The molecule has 130 valence electrons. The molecule has 1 fully saturated rings. The lowest BCUT2D eigenvalue weighted by Crippen LogP contribution is -2.43. The molecule has 1 aliphatic heterocycles. The summed E-state index contributed by atoms with van der Waals surface area (Å²) >= 11 is 0. The number of hydrogen-bond acceptors (Lipinski definition) is 5. The monoisotopic (exact) mass is 348 g/mol. The molecule has 4 rings (SSSR count). The van der Waals surface area contributed by atoms with Gasteiger partial charge in [0, 0.05) is 38.6 Å². The molecule has 4 heterocycles. The highest BCUT2D eigenvalue weighted by atomic mass is 19.4. The molecule has 3 aromatic rings. The topological polar surface area (TPSA) is 58.4 Å². The molecule has 25 heavy (non-hydrogen) atoms. The van der Waals surface area contributed by atoms with Crippen molar-refractivity contribution in [3.63, 3.8) is 0 Å². The van der Waals surface area contributed by atoms with E-state index in [4.69, 9.17) is 0 Å². The number of hydrogen-bond donors (Lipinski definition) is 1. The Morgan fingerprint density at radius 3 is 2.60 bits per heavy atom. The van der Waals surface area contributed by atoms with Crippen molar-refractivity contribution in [1.29, 1.82) is 0 Å². The number of aromatic nitrogens is 4. The zero-order valence-corrected chi connectivity index (χ0v) is 13.2. The van der Waals surface area contributed by atoms with Crippen molar-refractivity contribution in [2.75, 3.05) is 31.1 Å². The van der Waals surface area contributed by atoms with Gasteiger partial charge in [-0.25, -0.2) is 15.0 Å². The number of halogens is 3. The molecule has 1 aliphatic rings. The largest absolute Gasteiger partial charge is 0.417 e. The van der Waals surface area contributed by atoms with Crippen LogP contribution < -0.4 is 10.2 Å². The predicted octanol–water partition coefficient (Wildman–Crippen LogP) is 2.22. The van der Waals surface area contributed by atoms with E-state index in [1.807, 2.05) is 0 Å².